The SMILES string of the molecule is COc1ccc(N=C2NC(=O)/C(=C\c3ccc(OC(C)C(=O)O)c(OC)c3)S2)cc1. The van der Waals surface area contributed by atoms with Crippen LogP contribution >= 0.6 is 11.8 Å². The summed E-state index contributed by atoms with van der Waals surface area (Å²) in [6.45, 7) is 1.43. The third-order valence-corrected chi connectivity index (χ3v) is 5.00. The number of hydrogen-bond donors (Lipinski definition) is 2. The fourth-order valence-corrected chi connectivity index (χ4v) is 3.36. The van der Waals surface area contributed by atoms with Crippen LogP contribution in [0, 0.1) is 0 Å². The molecule has 1 amide bonds. The van der Waals surface area contributed by atoms with Gasteiger partial charge >= 0.3 is 5.97 Å². The second-order valence-electron chi connectivity index (χ2n) is 6.19. The zero-order valence-electron chi connectivity index (χ0n) is 16.5. The predicted molar refractivity (Wildman–Crippen MR) is 115 cm³/mol. The van der Waals surface area contributed by atoms with Crippen LogP contribution < -0.4 is 19.5 Å². The molecule has 156 valence electrons. The fourth-order valence-electron chi connectivity index (χ4n) is 2.52. The summed E-state index contributed by atoms with van der Waals surface area (Å²) in [6.07, 6.45) is 0.680. The third kappa shape index (κ3) is 5.12. The maximum atomic E-state index is 12.3. The van der Waals surface area contributed by atoms with E-state index in [0.29, 0.717) is 32.8 Å². The van der Waals surface area contributed by atoms with Crippen molar-refractivity contribution < 1.29 is 28.9 Å². The third-order valence-electron chi connectivity index (χ3n) is 4.09. The molecule has 0 radical (unpaired) electrons. The lowest BCUT2D eigenvalue weighted by Crippen LogP contribution is -2.23. The van der Waals surface area contributed by atoms with Gasteiger partial charge in [-0.25, -0.2) is 9.79 Å². The molecule has 1 fully saturated rings. The Labute approximate surface area is 177 Å². The lowest BCUT2D eigenvalue weighted by Gasteiger charge is -2.14. The van der Waals surface area contributed by atoms with Crippen LogP contribution in [0.25, 0.3) is 6.08 Å². The summed E-state index contributed by atoms with van der Waals surface area (Å²) in [6, 6.07) is 12.2. The van der Waals surface area contributed by atoms with E-state index in [1.165, 1.54) is 25.8 Å². The molecule has 2 aromatic rings. The molecule has 0 spiro atoms. The lowest BCUT2D eigenvalue weighted by atomic mass is 10.2. The highest BCUT2D eigenvalue weighted by Gasteiger charge is 2.24. The largest absolute Gasteiger partial charge is 0.497 e. The molecule has 0 saturated carbocycles. The number of nitrogens with zero attached hydrogens (tertiary/aromatic N) is 1. The van der Waals surface area contributed by atoms with Gasteiger partial charge in [-0.2, -0.15) is 0 Å². The summed E-state index contributed by atoms with van der Waals surface area (Å²) in [5.74, 6) is 0.0617. The van der Waals surface area contributed by atoms with Crippen molar-refractivity contribution in [3.63, 3.8) is 0 Å². The van der Waals surface area contributed by atoms with Crippen LogP contribution in [0.5, 0.6) is 17.2 Å². The van der Waals surface area contributed by atoms with E-state index in [9.17, 15) is 9.59 Å². The fraction of sp³-hybridized carbons (Fsp3) is 0.190. The summed E-state index contributed by atoms with van der Waals surface area (Å²) < 4.78 is 15.8. The number of rotatable bonds is 7. The topological polar surface area (TPSA) is 106 Å². The van der Waals surface area contributed by atoms with Crippen LogP contribution in [0.2, 0.25) is 0 Å². The van der Waals surface area contributed by atoms with Gasteiger partial charge in [0, 0.05) is 0 Å². The van der Waals surface area contributed by atoms with Crippen molar-refractivity contribution in [3.8, 4) is 17.2 Å². The Bertz CT molecular complexity index is 1020. The first-order valence-corrected chi connectivity index (χ1v) is 9.72. The van der Waals surface area contributed by atoms with E-state index in [4.69, 9.17) is 19.3 Å². The summed E-state index contributed by atoms with van der Waals surface area (Å²) >= 11 is 1.22. The number of ether oxygens (including phenoxy) is 3. The van der Waals surface area contributed by atoms with Crippen LogP contribution in [0.1, 0.15) is 12.5 Å². The number of carbonyl (C=O) groups excluding carboxylic acids is 1. The van der Waals surface area contributed by atoms with Crippen molar-refractivity contribution in [1.82, 2.24) is 5.32 Å². The predicted octanol–water partition coefficient (Wildman–Crippen LogP) is 3.45. The number of aliphatic carboxylic acids is 1. The number of thioether (sulfide) groups is 1. The molecule has 1 heterocycles. The van der Waals surface area contributed by atoms with E-state index in [1.807, 2.05) is 0 Å². The van der Waals surface area contributed by atoms with Gasteiger partial charge in [-0.15, -0.1) is 0 Å². The van der Waals surface area contributed by atoms with E-state index < -0.39 is 12.1 Å². The molecule has 0 aromatic heterocycles. The smallest absolute Gasteiger partial charge is 0.344 e. The Kier molecular flexibility index (Phi) is 6.63. The molecule has 3 rings (SSSR count). The molecular formula is C21H20N2O6S. The summed E-state index contributed by atoms with van der Waals surface area (Å²) in [5.41, 5.74) is 1.39. The second kappa shape index (κ2) is 9.36. The normalized spacial score (nSPS) is 17.0. The zero-order valence-corrected chi connectivity index (χ0v) is 17.4. The first kappa shape index (κ1) is 21.3. The minimum absolute atomic E-state index is 0.258. The molecule has 0 aliphatic carbocycles. The van der Waals surface area contributed by atoms with E-state index in [0.717, 1.165) is 5.75 Å². The Hall–Kier alpha value is -3.46. The van der Waals surface area contributed by atoms with Gasteiger partial charge in [0.1, 0.15) is 5.75 Å². The minimum Gasteiger partial charge on any atom is -0.497 e. The molecule has 2 N–H and O–H groups in total. The van der Waals surface area contributed by atoms with Crippen molar-refractivity contribution in [2.45, 2.75) is 13.0 Å². The molecule has 1 aliphatic heterocycles. The number of carboxylic acid groups (broad SMARTS) is 1. The van der Waals surface area contributed by atoms with Gasteiger partial charge in [0.15, 0.2) is 22.8 Å². The number of amides is 1. The summed E-state index contributed by atoms with van der Waals surface area (Å²) in [5, 5.41) is 12.2. The molecular weight excluding hydrogens is 408 g/mol. The van der Waals surface area contributed by atoms with Gasteiger partial charge in [0.2, 0.25) is 0 Å². The molecule has 1 atom stereocenters. The molecule has 2 aromatic carbocycles. The van der Waals surface area contributed by atoms with Crippen molar-refractivity contribution in [1.29, 1.82) is 0 Å². The molecule has 9 heteroatoms. The zero-order chi connectivity index (χ0) is 21.7. The van der Waals surface area contributed by atoms with Gasteiger partial charge in [-0.3, -0.25) is 4.79 Å². The van der Waals surface area contributed by atoms with Crippen LogP contribution in [-0.2, 0) is 9.59 Å². The number of benzene rings is 2. The van der Waals surface area contributed by atoms with Gasteiger partial charge < -0.3 is 24.6 Å². The molecule has 1 saturated heterocycles. The average molecular weight is 428 g/mol. The molecule has 1 unspecified atom stereocenters. The number of amidine groups is 1. The molecule has 30 heavy (non-hydrogen) atoms. The van der Waals surface area contributed by atoms with Gasteiger partial charge in [0.25, 0.3) is 5.91 Å². The van der Waals surface area contributed by atoms with Crippen molar-refractivity contribution in [3.05, 3.63) is 52.9 Å². The molecule has 8 nitrogen and oxygen atoms in total. The Morgan fingerprint density at radius 3 is 2.50 bits per heavy atom. The number of nitrogens with one attached hydrogen (secondary N) is 1. The molecule has 0 bridgehead atoms. The van der Waals surface area contributed by atoms with Crippen molar-refractivity contribution in [2.24, 2.45) is 4.99 Å². The Morgan fingerprint density at radius 2 is 1.87 bits per heavy atom. The maximum absolute atomic E-state index is 12.3. The lowest BCUT2D eigenvalue weighted by molar-refractivity contribution is -0.144. The van der Waals surface area contributed by atoms with Gasteiger partial charge in [0.05, 0.1) is 24.8 Å². The van der Waals surface area contributed by atoms with E-state index in [1.54, 1.807) is 55.7 Å². The Balaban J connectivity index is 1.78. The van der Waals surface area contributed by atoms with E-state index in [-0.39, 0.29) is 5.91 Å². The van der Waals surface area contributed by atoms with E-state index in [2.05, 4.69) is 10.3 Å². The highest BCUT2D eigenvalue weighted by Crippen LogP contribution is 2.33. The van der Waals surface area contributed by atoms with E-state index >= 15 is 0 Å². The number of carbonyl (C=O) groups is 2. The van der Waals surface area contributed by atoms with Crippen LogP contribution in [0.4, 0.5) is 5.69 Å². The standard InChI is InChI=1S/C21H20N2O6S/c1-12(20(25)26)29-16-9-4-13(10-17(16)28-3)11-18-19(24)23-21(30-18)22-14-5-7-15(27-2)8-6-14/h4-12H,1-3H3,(H,25,26)(H,22,23,24)/b18-11+. The van der Waals surface area contributed by atoms with Crippen LogP contribution in [0.3, 0.4) is 0 Å². The molecule has 1 aliphatic rings. The number of methoxy groups -OCH3 is 2. The number of hydrogen-bond acceptors (Lipinski definition) is 7. The maximum Gasteiger partial charge on any atom is 0.344 e. The van der Waals surface area contributed by atoms with Gasteiger partial charge in [-0.05, 0) is 66.7 Å². The summed E-state index contributed by atoms with van der Waals surface area (Å²) in [4.78, 5) is 28.2. The number of aliphatic imine (C=N–C) groups is 1. The van der Waals surface area contributed by atoms with Crippen LogP contribution in [0.15, 0.2) is 52.4 Å². The highest BCUT2D eigenvalue weighted by atomic mass is 32.2. The number of carboxylic acids is 1. The quantitative estimate of drug-likeness (QED) is 0.651. The van der Waals surface area contributed by atoms with Crippen molar-refractivity contribution in [2.75, 3.05) is 14.2 Å². The second-order valence-corrected chi connectivity index (χ2v) is 7.22. The summed E-state index contributed by atoms with van der Waals surface area (Å²) in [7, 11) is 3.05. The minimum atomic E-state index is -1.08. The Morgan fingerprint density at radius 1 is 1.13 bits per heavy atom. The van der Waals surface area contributed by atoms with Gasteiger partial charge in [-0.1, -0.05) is 6.07 Å². The monoisotopic (exact) mass is 428 g/mol. The highest BCUT2D eigenvalue weighted by molar-refractivity contribution is 8.18. The first-order chi connectivity index (χ1) is 14.4. The average Bonchev–Trinajstić information content (AvgIpc) is 3.08. The van der Waals surface area contributed by atoms with Crippen molar-refractivity contribution >= 4 is 40.6 Å². The first-order valence-electron chi connectivity index (χ1n) is 8.90. The van der Waals surface area contributed by atoms with Crippen LogP contribution in [-0.4, -0.2) is 42.5 Å².